The lowest BCUT2D eigenvalue weighted by molar-refractivity contribution is 0.0972. The second-order valence-corrected chi connectivity index (χ2v) is 6.38. The van der Waals surface area contributed by atoms with Crippen LogP contribution >= 0.6 is 0 Å². The van der Waals surface area contributed by atoms with E-state index in [9.17, 15) is 9.59 Å². The number of carbonyl (C=O) groups excluding carboxylic acids is 2. The van der Waals surface area contributed by atoms with E-state index >= 15 is 0 Å². The maximum atomic E-state index is 12.9. The highest BCUT2D eigenvalue weighted by molar-refractivity contribution is 6.27. The quantitative estimate of drug-likeness (QED) is 0.531. The van der Waals surface area contributed by atoms with E-state index in [2.05, 4.69) is 20.2 Å². The molecule has 0 saturated carbocycles. The van der Waals surface area contributed by atoms with E-state index < -0.39 is 0 Å². The average molecular weight is 361 g/mol. The largest absolute Gasteiger partial charge is 0.378 e. The van der Waals surface area contributed by atoms with E-state index in [0.717, 1.165) is 18.9 Å². The van der Waals surface area contributed by atoms with Crippen molar-refractivity contribution < 1.29 is 14.3 Å². The third-order valence-corrected chi connectivity index (χ3v) is 4.83. The number of rotatable bonds is 2. The molecule has 0 amide bonds. The summed E-state index contributed by atoms with van der Waals surface area (Å²) in [5.74, 6) is 0.288. The fourth-order valence-electron chi connectivity index (χ4n) is 3.44. The maximum Gasteiger partial charge on any atom is 0.216 e. The van der Waals surface area contributed by atoms with Crippen LogP contribution in [-0.2, 0) is 4.74 Å². The van der Waals surface area contributed by atoms with Crippen molar-refractivity contribution in [3.8, 4) is 5.69 Å². The molecule has 0 N–H and O–H groups in total. The van der Waals surface area contributed by atoms with Gasteiger partial charge in [-0.15, -0.1) is 5.10 Å². The minimum absolute atomic E-state index is 0.0796. The number of nitrogens with zero attached hydrogens (tertiary/aromatic N) is 5. The standard InChI is InChI=1S/C19H15N5O3/c25-18-13-3-1-2-4-14(13)19(26)17-16(18)21-22-24(17)12-5-6-15(20-11-12)23-7-9-27-10-8-23/h1-6,11H,7-10H2. The first kappa shape index (κ1) is 15.8. The van der Waals surface area contributed by atoms with Crippen molar-refractivity contribution in [2.75, 3.05) is 31.2 Å². The van der Waals surface area contributed by atoms with Crippen LogP contribution in [-0.4, -0.2) is 57.8 Å². The molecule has 8 heteroatoms. The lowest BCUT2D eigenvalue weighted by Gasteiger charge is -2.27. The zero-order valence-electron chi connectivity index (χ0n) is 14.3. The highest BCUT2D eigenvalue weighted by Crippen LogP contribution is 2.27. The predicted molar refractivity (Wildman–Crippen MR) is 95.5 cm³/mol. The van der Waals surface area contributed by atoms with Crippen molar-refractivity contribution >= 4 is 17.4 Å². The number of fused-ring (bicyclic) bond motifs is 2. The highest BCUT2D eigenvalue weighted by atomic mass is 16.5. The van der Waals surface area contributed by atoms with Gasteiger partial charge in [-0.2, -0.15) is 0 Å². The number of hydrogen-bond donors (Lipinski definition) is 0. The van der Waals surface area contributed by atoms with Crippen LogP contribution in [0.5, 0.6) is 0 Å². The molecule has 0 radical (unpaired) electrons. The van der Waals surface area contributed by atoms with Gasteiger partial charge in [0.2, 0.25) is 11.6 Å². The van der Waals surface area contributed by atoms with Gasteiger partial charge < -0.3 is 9.64 Å². The predicted octanol–water partition coefficient (Wildman–Crippen LogP) is 1.27. The van der Waals surface area contributed by atoms with E-state index in [1.807, 2.05) is 12.1 Å². The van der Waals surface area contributed by atoms with Crippen molar-refractivity contribution in [1.29, 1.82) is 0 Å². The molecular formula is C19H15N5O3. The molecule has 3 heterocycles. The first-order chi connectivity index (χ1) is 13.2. The number of aromatic nitrogens is 4. The normalized spacial score (nSPS) is 16.2. The molecule has 1 fully saturated rings. The molecule has 3 aromatic rings. The maximum absolute atomic E-state index is 12.9. The fraction of sp³-hybridized carbons (Fsp3) is 0.211. The molecule has 1 aromatic carbocycles. The Kier molecular flexibility index (Phi) is 3.58. The van der Waals surface area contributed by atoms with Crippen LogP contribution in [0, 0.1) is 0 Å². The van der Waals surface area contributed by atoms with Gasteiger partial charge in [0, 0.05) is 24.2 Å². The van der Waals surface area contributed by atoms with E-state index in [1.165, 1.54) is 4.68 Å². The molecule has 1 saturated heterocycles. The number of ketones is 2. The van der Waals surface area contributed by atoms with Crippen LogP contribution < -0.4 is 4.90 Å². The Morgan fingerprint density at radius 2 is 1.67 bits per heavy atom. The molecule has 0 unspecified atom stereocenters. The lowest BCUT2D eigenvalue weighted by atomic mass is 9.90. The van der Waals surface area contributed by atoms with Gasteiger partial charge in [0.05, 0.1) is 25.1 Å². The number of benzene rings is 1. The third-order valence-electron chi connectivity index (χ3n) is 4.83. The smallest absolute Gasteiger partial charge is 0.216 e. The van der Waals surface area contributed by atoms with Gasteiger partial charge in [0.15, 0.2) is 5.69 Å². The summed E-state index contributed by atoms with van der Waals surface area (Å²) in [4.78, 5) is 32.2. The molecule has 1 aliphatic heterocycles. The van der Waals surface area contributed by atoms with Gasteiger partial charge in [0.1, 0.15) is 11.5 Å². The molecule has 27 heavy (non-hydrogen) atoms. The van der Waals surface area contributed by atoms with Crippen molar-refractivity contribution in [2.24, 2.45) is 0 Å². The van der Waals surface area contributed by atoms with Crippen molar-refractivity contribution in [3.05, 3.63) is 65.1 Å². The number of carbonyl (C=O) groups is 2. The molecule has 2 aliphatic rings. The zero-order valence-corrected chi connectivity index (χ0v) is 14.3. The summed E-state index contributed by atoms with van der Waals surface area (Å²) in [5.41, 5.74) is 1.58. The van der Waals surface area contributed by atoms with Gasteiger partial charge in [-0.1, -0.05) is 29.5 Å². The first-order valence-electron chi connectivity index (χ1n) is 8.67. The van der Waals surface area contributed by atoms with Crippen LogP contribution in [0.1, 0.15) is 32.1 Å². The monoisotopic (exact) mass is 361 g/mol. The summed E-state index contributed by atoms with van der Waals surface area (Å²) in [5, 5.41) is 8.01. The molecule has 8 nitrogen and oxygen atoms in total. The Morgan fingerprint density at radius 3 is 2.37 bits per heavy atom. The van der Waals surface area contributed by atoms with Gasteiger partial charge in [0.25, 0.3) is 0 Å². The van der Waals surface area contributed by atoms with Crippen LogP contribution in [0.3, 0.4) is 0 Å². The Hall–Kier alpha value is -3.39. The van der Waals surface area contributed by atoms with E-state index in [-0.39, 0.29) is 23.0 Å². The van der Waals surface area contributed by atoms with Crippen molar-refractivity contribution in [1.82, 2.24) is 20.0 Å². The van der Waals surface area contributed by atoms with Gasteiger partial charge in [-0.3, -0.25) is 9.59 Å². The number of anilines is 1. The SMILES string of the molecule is O=C1c2ccccc2C(=O)c2c1nnn2-c1ccc(N2CCOCC2)nc1. The first-order valence-corrected chi connectivity index (χ1v) is 8.67. The molecule has 0 atom stereocenters. The second-order valence-electron chi connectivity index (χ2n) is 6.38. The van der Waals surface area contributed by atoms with E-state index in [4.69, 9.17) is 4.74 Å². The van der Waals surface area contributed by atoms with Gasteiger partial charge in [-0.05, 0) is 12.1 Å². The summed E-state index contributed by atoms with van der Waals surface area (Å²) in [6.45, 7) is 2.93. The zero-order chi connectivity index (χ0) is 18.4. The molecule has 2 aromatic heterocycles. The van der Waals surface area contributed by atoms with E-state index in [0.29, 0.717) is 30.0 Å². The number of ether oxygens (including phenoxy) is 1. The van der Waals surface area contributed by atoms with Crippen LogP contribution in [0.25, 0.3) is 5.69 Å². The summed E-state index contributed by atoms with van der Waals surface area (Å²) < 4.78 is 6.75. The molecule has 5 rings (SSSR count). The summed E-state index contributed by atoms with van der Waals surface area (Å²) in [6.07, 6.45) is 1.64. The lowest BCUT2D eigenvalue weighted by Crippen LogP contribution is -2.36. The minimum atomic E-state index is -0.288. The fourth-order valence-corrected chi connectivity index (χ4v) is 3.44. The third kappa shape index (κ3) is 2.45. The van der Waals surface area contributed by atoms with Crippen molar-refractivity contribution in [3.63, 3.8) is 0 Å². The highest BCUT2D eigenvalue weighted by Gasteiger charge is 2.35. The summed E-state index contributed by atoms with van der Waals surface area (Å²) in [7, 11) is 0. The van der Waals surface area contributed by atoms with Gasteiger partial charge >= 0.3 is 0 Å². The Morgan fingerprint density at radius 1 is 0.926 bits per heavy atom. The second kappa shape index (κ2) is 6.10. The molecule has 0 bridgehead atoms. The van der Waals surface area contributed by atoms with Crippen LogP contribution in [0.15, 0.2) is 42.6 Å². The molecule has 1 aliphatic carbocycles. The molecule has 0 spiro atoms. The minimum Gasteiger partial charge on any atom is -0.378 e. The summed E-state index contributed by atoms with van der Waals surface area (Å²) >= 11 is 0. The average Bonchev–Trinajstić information content (AvgIpc) is 3.18. The number of hydrogen-bond acceptors (Lipinski definition) is 7. The Balaban J connectivity index is 1.53. The Labute approximate surface area is 154 Å². The van der Waals surface area contributed by atoms with Gasteiger partial charge in [-0.25, -0.2) is 9.67 Å². The number of morpholine rings is 1. The Bertz CT molecular complexity index is 1050. The molecule has 134 valence electrons. The molecular weight excluding hydrogens is 346 g/mol. The summed E-state index contributed by atoms with van der Waals surface area (Å²) in [6, 6.07) is 10.4. The topological polar surface area (TPSA) is 90.2 Å². The van der Waals surface area contributed by atoms with Crippen LogP contribution in [0.2, 0.25) is 0 Å². The van der Waals surface area contributed by atoms with Crippen molar-refractivity contribution in [2.45, 2.75) is 0 Å². The van der Waals surface area contributed by atoms with E-state index in [1.54, 1.807) is 30.5 Å². The number of pyridine rings is 1. The van der Waals surface area contributed by atoms with Crippen LogP contribution in [0.4, 0.5) is 5.82 Å².